The predicted octanol–water partition coefficient (Wildman–Crippen LogP) is 1.41. The van der Waals surface area contributed by atoms with Crippen LogP contribution in [-0.2, 0) is 11.2 Å². The molecular formula is C7H9NO2S. The van der Waals surface area contributed by atoms with Gasteiger partial charge in [-0.3, -0.25) is 4.79 Å². The minimum absolute atomic E-state index is 0.332. The van der Waals surface area contributed by atoms with E-state index in [-0.39, 0.29) is 5.92 Å². The van der Waals surface area contributed by atoms with E-state index in [1.54, 1.807) is 13.1 Å². The summed E-state index contributed by atoms with van der Waals surface area (Å²) < 4.78 is 0. The summed E-state index contributed by atoms with van der Waals surface area (Å²) in [6, 6.07) is 0. The minimum Gasteiger partial charge on any atom is -0.481 e. The molecule has 1 atom stereocenters. The maximum absolute atomic E-state index is 10.4. The number of hydrogen-bond acceptors (Lipinski definition) is 3. The van der Waals surface area contributed by atoms with E-state index in [0.717, 1.165) is 5.01 Å². The van der Waals surface area contributed by atoms with Crippen LogP contribution in [0.25, 0.3) is 0 Å². The van der Waals surface area contributed by atoms with Crippen LogP contribution in [0, 0.1) is 5.92 Å². The molecule has 60 valence electrons. The zero-order chi connectivity index (χ0) is 8.27. The van der Waals surface area contributed by atoms with Gasteiger partial charge in [0, 0.05) is 18.0 Å². The van der Waals surface area contributed by atoms with Crippen LogP contribution in [0.1, 0.15) is 11.9 Å². The lowest BCUT2D eigenvalue weighted by Crippen LogP contribution is -2.11. The van der Waals surface area contributed by atoms with Crippen molar-refractivity contribution < 1.29 is 9.90 Å². The number of rotatable bonds is 3. The Morgan fingerprint density at radius 2 is 2.64 bits per heavy atom. The Bertz CT molecular complexity index is 233. The smallest absolute Gasteiger partial charge is 0.306 e. The maximum atomic E-state index is 10.4. The average molecular weight is 171 g/mol. The van der Waals surface area contributed by atoms with E-state index in [9.17, 15) is 4.79 Å². The van der Waals surface area contributed by atoms with Crippen molar-refractivity contribution in [2.75, 3.05) is 0 Å². The van der Waals surface area contributed by atoms with Gasteiger partial charge in [0.05, 0.1) is 10.9 Å². The standard InChI is InChI=1S/C7H9NO2S/c1-5(7(9)10)4-6-8-2-3-11-6/h2-3,5H,4H2,1H3,(H,9,10). The first-order valence-electron chi connectivity index (χ1n) is 3.31. The number of carboxylic acid groups (broad SMARTS) is 1. The minimum atomic E-state index is -0.764. The lowest BCUT2D eigenvalue weighted by molar-refractivity contribution is -0.141. The molecule has 0 fully saturated rings. The fourth-order valence-corrected chi connectivity index (χ4v) is 1.45. The first-order valence-corrected chi connectivity index (χ1v) is 4.19. The van der Waals surface area contributed by atoms with Gasteiger partial charge in [0.15, 0.2) is 0 Å². The van der Waals surface area contributed by atoms with Crippen LogP contribution >= 0.6 is 11.3 Å². The van der Waals surface area contributed by atoms with Crippen molar-refractivity contribution in [3.8, 4) is 0 Å². The molecular weight excluding hydrogens is 162 g/mol. The van der Waals surface area contributed by atoms with E-state index in [1.165, 1.54) is 11.3 Å². The van der Waals surface area contributed by atoms with Crippen LogP contribution in [0.3, 0.4) is 0 Å². The molecule has 0 aliphatic heterocycles. The van der Waals surface area contributed by atoms with Gasteiger partial charge in [0.2, 0.25) is 0 Å². The number of aromatic nitrogens is 1. The third kappa shape index (κ3) is 2.31. The molecule has 0 aliphatic rings. The van der Waals surface area contributed by atoms with Crippen molar-refractivity contribution in [2.45, 2.75) is 13.3 Å². The molecule has 1 heterocycles. The van der Waals surface area contributed by atoms with E-state index < -0.39 is 5.97 Å². The number of carbonyl (C=O) groups is 1. The molecule has 4 heteroatoms. The molecule has 1 aromatic heterocycles. The summed E-state index contributed by atoms with van der Waals surface area (Å²) >= 11 is 1.49. The second-order valence-corrected chi connectivity index (χ2v) is 3.35. The number of thiazole rings is 1. The summed E-state index contributed by atoms with van der Waals surface area (Å²) in [5.41, 5.74) is 0. The summed E-state index contributed by atoms with van der Waals surface area (Å²) in [5.74, 6) is -1.10. The fourth-order valence-electron chi connectivity index (χ4n) is 0.703. The number of carboxylic acids is 1. The van der Waals surface area contributed by atoms with Crippen molar-refractivity contribution in [3.63, 3.8) is 0 Å². The summed E-state index contributed by atoms with van der Waals surface area (Å²) in [5, 5.41) is 11.3. The zero-order valence-electron chi connectivity index (χ0n) is 6.15. The topological polar surface area (TPSA) is 50.2 Å². The Hall–Kier alpha value is -0.900. The molecule has 0 saturated heterocycles. The highest BCUT2D eigenvalue weighted by Gasteiger charge is 2.12. The van der Waals surface area contributed by atoms with Gasteiger partial charge < -0.3 is 5.11 Å². The molecule has 0 spiro atoms. The van der Waals surface area contributed by atoms with E-state index in [0.29, 0.717) is 6.42 Å². The SMILES string of the molecule is CC(Cc1nccs1)C(=O)O. The van der Waals surface area contributed by atoms with E-state index >= 15 is 0 Å². The van der Waals surface area contributed by atoms with Crippen molar-refractivity contribution in [1.82, 2.24) is 4.98 Å². The van der Waals surface area contributed by atoms with Crippen LogP contribution in [0.5, 0.6) is 0 Å². The predicted molar refractivity (Wildman–Crippen MR) is 42.6 cm³/mol. The second kappa shape index (κ2) is 3.48. The van der Waals surface area contributed by atoms with Gasteiger partial charge in [0.1, 0.15) is 0 Å². The number of nitrogens with zero attached hydrogens (tertiary/aromatic N) is 1. The number of aliphatic carboxylic acids is 1. The molecule has 0 saturated carbocycles. The van der Waals surface area contributed by atoms with Crippen molar-refractivity contribution in [3.05, 3.63) is 16.6 Å². The van der Waals surface area contributed by atoms with Crippen LogP contribution < -0.4 is 0 Å². The first kappa shape index (κ1) is 8.20. The van der Waals surface area contributed by atoms with Gasteiger partial charge in [0.25, 0.3) is 0 Å². The molecule has 1 N–H and O–H groups in total. The maximum Gasteiger partial charge on any atom is 0.306 e. The highest BCUT2D eigenvalue weighted by atomic mass is 32.1. The third-order valence-corrected chi connectivity index (χ3v) is 2.19. The first-order chi connectivity index (χ1) is 5.20. The molecule has 0 aromatic carbocycles. The van der Waals surface area contributed by atoms with Crippen molar-refractivity contribution >= 4 is 17.3 Å². The van der Waals surface area contributed by atoms with Gasteiger partial charge in [-0.1, -0.05) is 6.92 Å². The van der Waals surface area contributed by atoms with E-state index in [2.05, 4.69) is 4.98 Å². The third-order valence-electron chi connectivity index (χ3n) is 1.39. The van der Waals surface area contributed by atoms with Gasteiger partial charge in [-0.05, 0) is 0 Å². The van der Waals surface area contributed by atoms with Crippen molar-refractivity contribution in [1.29, 1.82) is 0 Å². The van der Waals surface area contributed by atoms with Gasteiger partial charge in [-0.25, -0.2) is 4.98 Å². The Kier molecular flexibility index (Phi) is 2.59. The molecule has 1 unspecified atom stereocenters. The molecule has 1 rings (SSSR count). The summed E-state index contributed by atoms with van der Waals surface area (Å²) in [6.07, 6.45) is 2.22. The van der Waals surface area contributed by atoms with Gasteiger partial charge >= 0.3 is 5.97 Å². The van der Waals surface area contributed by atoms with Gasteiger partial charge in [-0.2, -0.15) is 0 Å². The van der Waals surface area contributed by atoms with E-state index in [4.69, 9.17) is 5.11 Å². The monoisotopic (exact) mass is 171 g/mol. The Labute approximate surface area is 68.7 Å². The zero-order valence-corrected chi connectivity index (χ0v) is 6.97. The molecule has 0 bridgehead atoms. The fraction of sp³-hybridized carbons (Fsp3) is 0.429. The normalized spacial score (nSPS) is 12.8. The molecule has 0 aliphatic carbocycles. The molecule has 0 amide bonds. The summed E-state index contributed by atoms with van der Waals surface area (Å²) in [6.45, 7) is 1.68. The quantitative estimate of drug-likeness (QED) is 0.748. The van der Waals surface area contributed by atoms with Crippen LogP contribution in [-0.4, -0.2) is 16.1 Å². The van der Waals surface area contributed by atoms with Gasteiger partial charge in [-0.15, -0.1) is 11.3 Å². The Balaban J connectivity index is 2.50. The van der Waals surface area contributed by atoms with E-state index in [1.807, 2.05) is 5.38 Å². The summed E-state index contributed by atoms with van der Waals surface area (Å²) in [7, 11) is 0. The molecule has 11 heavy (non-hydrogen) atoms. The largest absolute Gasteiger partial charge is 0.481 e. The van der Waals surface area contributed by atoms with Crippen LogP contribution in [0.15, 0.2) is 11.6 Å². The average Bonchev–Trinajstić information content (AvgIpc) is 2.39. The lowest BCUT2D eigenvalue weighted by atomic mass is 10.1. The highest BCUT2D eigenvalue weighted by Crippen LogP contribution is 2.10. The lowest BCUT2D eigenvalue weighted by Gasteiger charge is -2.00. The van der Waals surface area contributed by atoms with Crippen LogP contribution in [0.2, 0.25) is 0 Å². The highest BCUT2D eigenvalue weighted by molar-refractivity contribution is 7.09. The molecule has 3 nitrogen and oxygen atoms in total. The number of hydrogen-bond donors (Lipinski definition) is 1. The van der Waals surface area contributed by atoms with Crippen molar-refractivity contribution in [2.24, 2.45) is 5.92 Å². The molecule has 0 radical (unpaired) electrons. The molecule has 1 aromatic rings. The summed E-state index contributed by atoms with van der Waals surface area (Å²) in [4.78, 5) is 14.4. The van der Waals surface area contributed by atoms with Crippen LogP contribution in [0.4, 0.5) is 0 Å². The Morgan fingerprint density at radius 1 is 1.91 bits per heavy atom. The second-order valence-electron chi connectivity index (χ2n) is 2.37. The Morgan fingerprint density at radius 3 is 3.09 bits per heavy atom.